The van der Waals surface area contributed by atoms with E-state index in [1.54, 1.807) is 0 Å². The highest BCUT2D eigenvalue weighted by Gasteiger charge is 1.93. The van der Waals surface area contributed by atoms with Gasteiger partial charge in [0.1, 0.15) is 0 Å². The van der Waals surface area contributed by atoms with Gasteiger partial charge in [-0.15, -0.1) is 0 Å². The number of unbranched alkanes of at least 4 members (excludes halogenated alkanes) is 11. The van der Waals surface area contributed by atoms with Crippen molar-refractivity contribution < 1.29 is 9.90 Å². The Balaban J connectivity index is 0. The molecule has 5 N–H and O–H groups in total. The van der Waals surface area contributed by atoms with Crippen LogP contribution in [0, 0.1) is 0 Å². The zero-order chi connectivity index (χ0) is 24.0. The molecule has 0 aliphatic carbocycles. The van der Waals surface area contributed by atoms with Crippen LogP contribution in [0.3, 0.4) is 0 Å². The third-order valence-electron chi connectivity index (χ3n) is 5.34. The molecule has 0 aromatic rings. The molecule has 1 saturated heterocycles. The minimum Gasteiger partial charge on any atom is -0.481 e. The molecule has 0 bridgehead atoms. The Hall–Kier alpha value is -0.690. The van der Waals surface area contributed by atoms with E-state index in [1.807, 2.05) is 6.92 Å². The molecule has 0 unspecified atom stereocenters. The summed E-state index contributed by atoms with van der Waals surface area (Å²) in [6, 6.07) is 0. The van der Waals surface area contributed by atoms with Gasteiger partial charge in [-0.1, -0.05) is 97.8 Å². The second-order valence-corrected chi connectivity index (χ2v) is 8.71. The molecule has 1 fully saturated rings. The fourth-order valence-corrected chi connectivity index (χ4v) is 3.34. The van der Waals surface area contributed by atoms with Crippen LogP contribution in [-0.2, 0) is 4.79 Å². The molecule has 1 rings (SSSR count). The lowest BCUT2D eigenvalue weighted by Crippen LogP contribution is -2.39. The van der Waals surface area contributed by atoms with Gasteiger partial charge in [-0.2, -0.15) is 0 Å². The summed E-state index contributed by atoms with van der Waals surface area (Å²) < 4.78 is 0. The third-order valence-corrected chi connectivity index (χ3v) is 5.34. The summed E-state index contributed by atoms with van der Waals surface area (Å²) >= 11 is 0. The average molecular weight is 459 g/mol. The van der Waals surface area contributed by atoms with Crippen molar-refractivity contribution in [3.8, 4) is 0 Å². The highest BCUT2D eigenvalue weighted by atomic mass is 16.4. The lowest BCUT2D eigenvalue weighted by molar-refractivity contribution is -0.137. The maximum Gasteiger partial charge on any atom is 0.303 e. The molecule has 1 aliphatic rings. The van der Waals surface area contributed by atoms with E-state index >= 15 is 0 Å². The number of hydrogen-bond donors (Lipinski definition) is 5. The quantitative estimate of drug-likeness (QED) is 0.241. The van der Waals surface area contributed by atoms with Gasteiger partial charge in [0.25, 0.3) is 0 Å². The maximum atomic E-state index is 9.60. The molecule has 194 valence electrons. The Bertz CT molecular complexity index is 289. The SMILES string of the molecule is C1CNCCNCNCCNC1.CCCC(=O)O.CCCCCCCCCCCCCC. The first-order valence-electron chi connectivity index (χ1n) is 13.7. The third kappa shape index (κ3) is 36.7. The Morgan fingerprint density at radius 2 is 0.938 bits per heavy atom. The van der Waals surface area contributed by atoms with Gasteiger partial charge in [0.05, 0.1) is 0 Å². The molecule has 0 radical (unpaired) electrons. The van der Waals surface area contributed by atoms with Gasteiger partial charge in [0, 0.05) is 39.3 Å². The second kappa shape index (κ2) is 32.5. The predicted molar refractivity (Wildman–Crippen MR) is 141 cm³/mol. The van der Waals surface area contributed by atoms with Crippen LogP contribution in [0.1, 0.15) is 117 Å². The molecule has 0 aromatic heterocycles. The van der Waals surface area contributed by atoms with Crippen molar-refractivity contribution in [1.29, 1.82) is 0 Å². The Morgan fingerprint density at radius 1 is 0.562 bits per heavy atom. The van der Waals surface area contributed by atoms with E-state index in [4.69, 9.17) is 5.11 Å². The molecule has 0 aromatic carbocycles. The largest absolute Gasteiger partial charge is 0.481 e. The predicted octanol–water partition coefficient (Wildman–Crippen LogP) is 5.28. The number of hydrogen-bond acceptors (Lipinski definition) is 5. The number of nitrogens with one attached hydrogen (secondary N) is 4. The van der Waals surface area contributed by atoms with Gasteiger partial charge >= 0.3 is 5.97 Å². The van der Waals surface area contributed by atoms with E-state index in [-0.39, 0.29) is 0 Å². The van der Waals surface area contributed by atoms with Crippen molar-refractivity contribution >= 4 is 5.97 Å². The number of rotatable bonds is 13. The van der Waals surface area contributed by atoms with E-state index in [0.29, 0.717) is 6.42 Å². The Labute approximate surface area is 200 Å². The van der Waals surface area contributed by atoms with Crippen molar-refractivity contribution in [2.45, 2.75) is 117 Å². The Morgan fingerprint density at radius 3 is 1.25 bits per heavy atom. The van der Waals surface area contributed by atoms with Crippen LogP contribution in [0.2, 0.25) is 0 Å². The van der Waals surface area contributed by atoms with Crippen molar-refractivity contribution in [1.82, 2.24) is 21.3 Å². The molecule has 0 spiro atoms. The molecule has 6 nitrogen and oxygen atoms in total. The summed E-state index contributed by atoms with van der Waals surface area (Å²) in [5.41, 5.74) is 0. The molecular weight excluding hydrogens is 400 g/mol. The minimum atomic E-state index is -0.711. The zero-order valence-electron chi connectivity index (χ0n) is 21.9. The van der Waals surface area contributed by atoms with Crippen LogP contribution in [0.25, 0.3) is 0 Å². The lowest BCUT2D eigenvalue weighted by atomic mass is 10.1. The van der Waals surface area contributed by atoms with Crippen LogP contribution in [0.4, 0.5) is 0 Å². The van der Waals surface area contributed by atoms with Crippen molar-refractivity contribution in [3.63, 3.8) is 0 Å². The fraction of sp³-hybridized carbons (Fsp3) is 0.962. The summed E-state index contributed by atoms with van der Waals surface area (Å²) in [5, 5.41) is 21.3. The molecule has 32 heavy (non-hydrogen) atoms. The van der Waals surface area contributed by atoms with Gasteiger partial charge in [-0.25, -0.2) is 0 Å². The highest BCUT2D eigenvalue weighted by Crippen LogP contribution is 2.11. The first-order valence-corrected chi connectivity index (χ1v) is 13.7. The second-order valence-electron chi connectivity index (χ2n) is 8.71. The number of carboxylic acids is 1. The lowest BCUT2D eigenvalue weighted by Gasteiger charge is -2.11. The number of aliphatic carboxylic acids is 1. The van der Waals surface area contributed by atoms with E-state index in [2.05, 4.69) is 35.1 Å². The van der Waals surface area contributed by atoms with Gasteiger partial charge in [0.15, 0.2) is 0 Å². The van der Waals surface area contributed by atoms with Gasteiger partial charge < -0.3 is 26.4 Å². The van der Waals surface area contributed by atoms with Crippen molar-refractivity contribution in [3.05, 3.63) is 0 Å². The van der Waals surface area contributed by atoms with E-state index in [1.165, 1.54) is 83.5 Å². The van der Waals surface area contributed by atoms with Crippen LogP contribution in [0.15, 0.2) is 0 Å². The topological polar surface area (TPSA) is 85.4 Å². The van der Waals surface area contributed by atoms with Crippen molar-refractivity contribution in [2.24, 2.45) is 0 Å². The molecule has 1 heterocycles. The van der Waals surface area contributed by atoms with Crippen LogP contribution in [0.5, 0.6) is 0 Å². The standard InChI is InChI=1S/C14H30.C8H20N4.C4H8O2/c1-3-5-7-9-11-13-14-12-10-8-6-4-2;1-2-9-4-6-11-8-12-7-5-10-3-1;1-2-3-4(5)6/h3-14H2,1-2H3;9-12H,1-8H2;2-3H2,1H3,(H,5,6). The minimum absolute atomic E-state index is 0.292. The van der Waals surface area contributed by atoms with E-state index < -0.39 is 5.97 Å². The summed E-state index contributed by atoms with van der Waals surface area (Å²) in [6.45, 7) is 13.8. The average Bonchev–Trinajstić information content (AvgIpc) is 2.76. The Kier molecular flexibility index (Phi) is 34.0. The van der Waals surface area contributed by atoms with Crippen LogP contribution in [-0.4, -0.2) is 57.0 Å². The van der Waals surface area contributed by atoms with E-state index in [9.17, 15) is 4.79 Å². The number of carbonyl (C=O) groups is 1. The summed E-state index contributed by atoms with van der Waals surface area (Å²) in [6.07, 6.45) is 19.7. The highest BCUT2D eigenvalue weighted by molar-refractivity contribution is 5.66. The monoisotopic (exact) mass is 458 g/mol. The maximum absolute atomic E-state index is 9.60. The first-order chi connectivity index (χ1) is 15.7. The van der Waals surface area contributed by atoms with Gasteiger partial charge in [-0.3, -0.25) is 4.79 Å². The smallest absolute Gasteiger partial charge is 0.303 e. The first kappa shape index (κ1) is 33.5. The fourth-order valence-electron chi connectivity index (χ4n) is 3.34. The van der Waals surface area contributed by atoms with E-state index in [0.717, 1.165) is 52.4 Å². The zero-order valence-corrected chi connectivity index (χ0v) is 21.9. The molecular formula is C26H58N4O2. The summed E-state index contributed by atoms with van der Waals surface area (Å²) in [4.78, 5) is 9.60. The molecule has 0 saturated carbocycles. The van der Waals surface area contributed by atoms with Crippen molar-refractivity contribution in [2.75, 3.05) is 45.9 Å². The van der Waals surface area contributed by atoms with Gasteiger partial charge in [-0.05, 0) is 25.9 Å². The molecule has 0 amide bonds. The van der Waals surface area contributed by atoms with Gasteiger partial charge in [0.2, 0.25) is 0 Å². The normalized spacial score (nSPS) is 15.2. The van der Waals surface area contributed by atoms with Crippen LogP contribution < -0.4 is 21.3 Å². The summed E-state index contributed by atoms with van der Waals surface area (Å²) in [7, 11) is 0. The molecule has 1 aliphatic heterocycles. The summed E-state index contributed by atoms with van der Waals surface area (Å²) in [5.74, 6) is -0.711. The number of carboxylic acid groups (broad SMARTS) is 1. The van der Waals surface area contributed by atoms with Crippen LogP contribution >= 0.6 is 0 Å². The molecule has 6 heteroatoms. The molecule has 0 atom stereocenters.